The number of rotatable bonds is 2. The van der Waals surface area contributed by atoms with Crippen molar-refractivity contribution in [2.24, 2.45) is 5.84 Å². The van der Waals surface area contributed by atoms with Crippen molar-refractivity contribution in [1.82, 2.24) is 9.97 Å². The van der Waals surface area contributed by atoms with Crippen LogP contribution in [0.1, 0.15) is 0 Å². The number of hydrogen-bond donors (Lipinski definition) is 2. The number of halogens is 2. The minimum atomic E-state index is -0.539. The molecule has 19 heavy (non-hydrogen) atoms. The maximum atomic E-state index is 14.0. The van der Waals surface area contributed by atoms with Gasteiger partial charge in [-0.25, -0.2) is 20.2 Å². The maximum Gasteiger partial charge on any atom is 0.166 e. The maximum absolute atomic E-state index is 14.0. The van der Waals surface area contributed by atoms with Gasteiger partial charge in [0, 0.05) is 0 Å². The van der Waals surface area contributed by atoms with Gasteiger partial charge in [-0.05, 0) is 23.6 Å². The first-order valence-electron chi connectivity index (χ1n) is 5.37. The Bertz CT molecular complexity index is 759. The summed E-state index contributed by atoms with van der Waals surface area (Å²) < 4.78 is 14.0. The SMILES string of the molecule is NNc1nc(-c2cccc(Cl)c2F)nc2sccc12. The monoisotopic (exact) mass is 294 g/mol. The van der Waals surface area contributed by atoms with Crippen LogP contribution >= 0.6 is 22.9 Å². The summed E-state index contributed by atoms with van der Waals surface area (Å²) in [5, 5.41) is 2.71. The molecule has 0 fully saturated rings. The summed E-state index contributed by atoms with van der Waals surface area (Å²) in [6, 6.07) is 6.56. The summed E-state index contributed by atoms with van der Waals surface area (Å²) in [5.41, 5.74) is 2.75. The number of hydrogen-bond acceptors (Lipinski definition) is 5. The van der Waals surface area contributed by atoms with Crippen LogP contribution in [0.2, 0.25) is 5.02 Å². The Morgan fingerprint density at radius 2 is 2.11 bits per heavy atom. The summed E-state index contributed by atoms with van der Waals surface area (Å²) >= 11 is 7.20. The average molecular weight is 295 g/mol. The standard InChI is InChI=1S/C12H8ClFN4S/c13-8-3-1-2-6(9(8)14)10-16-11(18-15)7-4-5-19-12(7)17-10/h1-5H,15H2,(H,16,17,18). The highest BCUT2D eigenvalue weighted by molar-refractivity contribution is 7.16. The van der Waals surface area contributed by atoms with E-state index in [0.29, 0.717) is 5.82 Å². The summed E-state index contributed by atoms with van der Waals surface area (Å²) in [4.78, 5) is 9.29. The summed E-state index contributed by atoms with van der Waals surface area (Å²) in [6.07, 6.45) is 0. The molecule has 96 valence electrons. The number of benzene rings is 1. The van der Waals surface area contributed by atoms with E-state index in [0.717, 1.165) is 10.2 Å². The van der Waals surface area contributed by atoms with Crippen LogP contribution in [0.4, 0.5) is 10.2 Å². The van der Waals surface area contributed by atoms with Gasteiger partial charge in [0.15, 0.2) is 17.5 Å². The zero-order chi connectivity index (χ0) is 13.4. The summed E-state index contributed by atoms with van der Waals surface area (Å²) in [7, 11) is 0. The molecule has 0 saturated heterocycles. The Morgan fingerprint density at radius 1 is 1.26 bits per heavy atom. The van der Waals surface area contributed by atoms with Gasteiger partial charge in [0.25, 0.3) is 0 Å². The Morgan fingerprint density at radius 3 is 2.89 bits per heavy atom. The number of hydrazine groups is 1. The van der Waals surface area contributed by atoms with Crippen molar-refractivity contribution in [1.29, 1.82) is 0 Å². The summed E-state index contributed by atoms with van der Waals surface area (Å²) in [6.45, 7) is 0. The van der Waals surface area contributed by atoms with E-state index < -0.39 is 5.82 Å². The van der Waals surface area contributed by atoms with Gasteiger partial charge in [-0.15, -0.1) is 11.3 Å². The average Bonchev–Trinajstić information content (AvgIpc) is 2.89. The molecule has 0 aliphatic carbocycles. The van der Waals surface area contributed by atoms with Crippen molar-refractivity contribution in [3.8, 4) is 11.4 Å². The Labute approximate surface area is 117 Å². The van der Waals surface area contributed by atoms with Gasteiger partial charge < -0.3 is 5.43 Å². The second kappa shape index (κ2) is 4.73. The number of anilines is 1. The fourth-order valence-electron chi connectivity index (χ4n) is 1.76. The van der Waals surface area contributed by atoms with Crippen LogP contribution in [0.3, 0.4) is 0 Å². The van der Waals surface area contributed by atoms with E-state index >= 15 is 0 Å². The normalized spacial score (nSPS) is 10.9. The number of nitrogens with one attached hydrogen (secondary N) is 1. The van der Waals surface area contributed by atoms with Crippen LogP contribution in [-0.4, -0.2) is 9.97 Å². The molecule has 0 aliphatic heterocycles. The molecule has 3 aromatic rings. The van der Waals surface area contributed by atoms with Gasteiger partial charge in [0.05, 0.1) is 16.0 Å². The molecule has 0 bridgehead atoms. The van der Waals surface area contributed by atoms with Crippen LogP contribution in [0.25, 0.3) is 21.6 Å². The molecular formula is C12H8ClFN4S. The van der Waals surface area contributed by atoms with Crippen LogP contribution < -0.4 is 11.3 Å². The van der Waals surface area contributed by atoms with E-state index in [1.165, 1.54) is 17.4 Å². The zero-order valence-electron chi connectivity index (χ0n) is 9.52. The molecule has 0 amide bonds. The molecule has 7 heteroatoms. The Hall–Kier alpha value is -1.76. The van der Waals surface area contributed by atoms with E-state index in [2.05, 4.69) is 15.4 Å². The number of nitrogen functional groups attached to an aromatic ring is 1. The highest BCUT2D eigenvalue weighted by Crippen LogP contribution is 2.30. The minimum absolute atomic E-state index is 0.0367. The van der Waals surface area contributed by atoms with Crippen molar-refractivity contribution in [3.05, 3.63) is 40.5 Å². The highest BCUT2D eigenvalue weighted by Gasteiger charge is 2.14. The minimum Gasteiger partial charge on any atom is -0.308 e. The first kappa shape index (κ1) is 12.3. The molecule has 3 N–H and O–H groups in total. The van der Waals surface area contributed by atoms with Gasteiger partial charge in [-0.2, -0.15) is 0 Å². The van der Waals surface area contributed by atoms with E-state index in [1.807, 2.05) is 11.4 Å². The molecule has 0 unspecified atom stereocenters. The van der Waals surface area contributed by atoms with E-state index in [-0.39, 0.29) is 16.4 Å². The Kier molecular flexibility index (Phi) is 3.06. The number of thiophene rings is 1. The van der Waals surface area contributed by atoms with Crippen molar-refractivity contribution in [2.45, 2.75) is 0 Å². The van der Waals surface area contributed by atoms with Gasteiger partial charge in [0.1, 0.15) is 4.83 Å². The van der Waals surface area contributed by atoms with Crippen LogP contribution in [0.15, 0.2) is 29.6 Å². The van der Waals surface area contributed by atoms with Crippen LogP contribution in [0, 0.1) is 5.82 Å². The predicted octanol–water partition coefficient (Wildman–Crippen LogP) is 3.44. The quantitative estimate of drug-likeness (QED) is 0.561. The lowest BCUT2D eigenvalue weighted by Crippen LogP contribution is -2.10. The van der Waals surface area contributed by atoms with Crippen LogP contribution in [0.5, 0.6) is 0 Å². The molecule has 0 aliphatic rings. The molecular weight excluding hydrogens is 287 g/mol. The molecule has 2 heterocycles. The van der Waals surface area contributed by atoms with Crippen molar-refractivity contribution in [2.75, 3.05) is 5.43 Å². The van der Waals surface area contributed by atoms with Crippen LogP contribution in [-0.2, 0) is 0 Å². The molecule has 0 radical (unpaired) electrons. The number of aromatic nitrogens is 2. The van der Waals surface area contributed by atoms with Gasteiger partial charge >= 0.3 is 0 Å². The lowest BCUT2D eigenvalue weighted by Gasteiger charge is -2.06. The van der Waals surface area contributed by atoms with E-state index in [1.54, 1.807) is 12.1 Å². The lowest BCUT2D eigenvalue weighted by atomic mass is 10.2. The van der Waals surface area contributed by atoms with Gasteiger partial charge in [-0.3, -0.25) is 0 Å². The molecule has 0 saturated carbocycles. The molecule has 0 spiro atoms. The molecule has 2 aromatic heterocycles. The van der Waals surface area contributed by atoms with Crippen molar-refractivity contribution < 1.29 is 4.39 Å². The third kappa shape index (κ3) is 2.03. The lowest BCUT2D eigenvalue weighted by molar-refractivity contribution is 0.630. The molecule has 1 aromatic carbocycles. The number of nitrogens with two attached hydrogens (primary N) is 1. The second-order valence-electron chi connectivity index (χ2n) is 3.78. The van der Waals surface area contributed by atoms with Gasteiger partial charge in [0.2, 0.25) is 0 Å². The summed E-state index contributed by atoms with van der Waals surface area (Å²) in [5.74, 6) is 5.61. The number of nitrogens with zero attached hydrogens (tertiary/aromatic N) is 2. The van der Waals surface area contributed by atoms with E-state index in [4.69, 9.17) is 17.4 Å². The molecule has 0 atom stereocenters. The largest absolute Gasteiger partial charge is 0.308 e. The molecule has 3 rings (SSSR count). The fraction of sp³-hybridized carbons (Fsp3) is 0. The third-order valence-corrected chi connectivity index (χ3v) is 3.75. The second-order valence-corrected chi connectivity index (χ2v) is 5.08. The molecule has 4 nitrogen and oxygen atoms in total. The van der Waals surface area contributed by atoms with Crippen molar-refractivity contribution in [3.63, 3.8) is 0 Å². The first-order chi connectivity index (χ1) is 9.20. The topological polar surface area (TPSA) is 63.8 Å². The first-order valence-corrected chi connectivity index (χ1v) is 6.62. The van der Waals surface area contributed by atoms with Gasteiger partial charge in [-0.1, -0.05) is 17.7 Å². The number of fused-ring (bicyclic) bond motifs is 1. The zero-order valence-corrected chi connectivity index (χ0v) is 11.1. The van der Waals surface area contributed by atoms with E-state index in [9.17, 15) is 4.39 Å². The van der Waals surface area contributed by atoms with Crippen molar-refractivity contribution >= 4 is 39.0 Å². The third-order valence-electron chi connectivity index (χ3n) is 2.65. The highest BCUT2D eigenvalue weighted by atomic mass is 35.5. The fourth-order valence-corrected chi connectivity index (χ4v) is 2.70. The Balaban J connectivity index is 2.27. The smallest absolute Gasteiger partial charge is 0.166 e. The predicted molar refractivity (Wildman–Crippen MR) is 75.6 cm³/mol.